The third-order valence-electron chi connectivity index (χ3n) is 17.5. The quantitative estimate of drug-likeness (QED) is 0.0317. The van der Waals surface area contributed by atoms with E-state index in [4.69, 9.17) is 17.2 Å². The number of hydrogen-bond donors (Lipinski definition) is 15. The molecule has 18 N–H and O–H groups in total. The Kier molecular flexibility index (Phi) is 37.9. The van der Waals surface area contributed by atoms with Gasteiger partial charge in [-0.15, -0.1) is 0 Å². The fourth-order valence-electron chi connectivity index (χ4n) is 10.8. The van der Waals surface area contributed by atoms with Crippen LogP contribution in [0.25, 0.3) is 0 Å². The number of imidazole rings is 1. The van der Waals surface area contributed by atoms with Crippen LogP contribution in [-0.2, 0) is 99.4 Å². The predicted octanol–water partition coefficient (Wildman–Crippen LogP) is -4.35. The average molecular weight is 1490 g/mol. The van der Waals surface area contributed by atoms with Crippen LogP contribution in [0.4, 0.5) is 0 Å². The number of carboxylic acids is 2. The summed E-state index contributed by atoms with van der Waals surface area (Å²) in [6.45, 7) is 14.1. The Balaban J connectivity index is 0.0000265. The normalized spacial score (nSPS) is 22.9. The maximum absolute atomic E-state index is 14.9. The van der Waals surface area contributed by atoms with E-state index in [-0.39, 0.29) is 121 Å². The van der Waals surface area contributed by atoms with Crippen molar-refractivity contribution in [1.29, 1.82) is 0 Å². The number of benzene rings is 1. The molecule has 101 heavy (non-hydrogen) atoms. The Morgan fingerprint density at radius 1 is 0.663 bits per heavy atom. The number of rotatable bonds is 31. The minimum atomic E-state index is -2.01. The van der Waals surface area contributed by atoms with Crippen molar-refractivity contribution in [1.82, 2.24) is 68.5 Å². The molecule has 2 aromatic rings. The monoisotopic (exact) mass is 1480 g/mol. The molecule has 554 valence electrons. The first-order valence-electron chi connectivity index (χ1n) is 34.1. The van der Waals surface area contributed by atoms with Crippen molar-refractivity contribution < 1.29 is 96.8 Å². The maximum Gasteiger partial charge on any atom is 2.00 e. The molecule has 1 fully saturated rings. The first kappa shape index (κ1) is 86.8. The van der Waals surface area contributed by atoms with Gasteiger partial charge in [-0.3, -0.25) is 62.5 Å². The minimum Gasteiger partial charge on any atom is -0.550 e. The number of nitrogens with two attached hydrogens (primary N) is 3. The zero-order valence-corrected chi connectivity index (χ0v) is 62.6. The third kappa shape index (κ3) is 29.2. The van der Waals surface area contributed by atoms with Crippen molar-refractivity contribution in [3.63, 3.8) is 0 Å². The molecule has 15 atom stereocenters. The summed E-state index contributed by atoms with van der Waals surface area (Å²) in [5.41, 5.74) is 18.7. The third-order valence-corrected chi connectivity index (χ3v) is 18.7. The predicted molar refractivity (Wildman–Crippen MR) is 364 cm³/mol. The van der Waals surface area contributed by atoms with E-state index >= 15 is 0 Å². The zero-order valence-electron chi connectivity index (χ0n) is 58.8. The Labute approximate surface area is 605 Å². The maximum atomic E-state index is 14.9. The number of thioether (sulfide) groups is 1. The number of hydrogen-bond acceptors (Lipinski definition) is 21. The molecule has 0 bridgehead atoms. The smallest absolute Gasteiger partial charge is 0.550 e. The van der Waals surface area contributed by atoms with E-state index in [0.29, 0.717) is 10.6 Å². The molecule has 33 nitrogen and oxygen atoms in total. The topological polar surface area (TPSA) is 537 Å². The molecule has 3 heterocycles. The van der Waals surface area contributed by atoms with Gasteiger partial charge < -0.3 is 100 Å². The van der Waals surface area contributed by atoms with E-state index in [1.165, 1.54) is 24.3 Å². The number of carboxylic acid groups (broad SMARTS) is 2. The average Bonchev–Trinajstić information content (AvgIpc) is 1.78. The first-order valence-corrected chi connectivity index (χ1v) is 34.9. The number of aromatic nitrogens is 2. The van der Waals surface area contributed by atoms with Gasteiger partial charge in [0, 0.05) is 49.6 Å². The summed E-state index contributed by atoms with van der Waals surface area (Å²) in [5.74, 6) is -16.4. The summed E-state index contributed by atoms with van der Waals surface area (Å²) in [4.78, 5) is 206. The summed E-state index contributed by atoms with van der Waals surface area (Å²) in [5, 5.41) is 52.5. The van der Waals surface area contributed by atoms with Crippen molar-refractivity contribution in [2.45, 2.75) is 223 Å². The number of nitrogens with one attached hydrogen (secondary N) is 12. The molecular formula is C66H101N17O16SZn. The van der Waals surface area contributed by atoms with E-state index < -0.39 is 192 Å². The number of nitrogens with zero attached hydrogens (tertiary/aromatic N) is 2. The molecule has 2 aliphatic rings. The van der Waals surface area contributed by atoms with Crippen LogP contribution in [0.1, 0.15) is 150 Å². The van der Waals surface area contributed by atoms with Crippen LogP contribution in [0.5, 0.6) is 0 Å². The standard InChI is InChI=1S/C66H103N17O16S.Zn/c1-9-35(6)52(69)66-72-32-48(100-66)63(97)80-43(26-34(4)5)59(93)75-42(22-23-50(85)86)58(92)83-53(36(7)10-2)64(98)76-40-20-15-16-25-71-55(89)46(29-49(68)84)78-62(96)47(30-51(87)88)79-61(95)45(28-39-31-70-33-73-39)77-60(94)44(27-38-18-13-12-14-19-38)81-65(99)54(37(8)11-3)82-57(91)41(21-17-24-67)74-56(40)90;/h12-14,18-19,31,33-37,40-48,52-54H,9-11,15-17,20-30,32,67,69H2,1-8H3,(H2,68,84)(H,70,73)(H,71,89)(H,74,90)(H,75,93)(H,76,98)(H,77,94)(H,78,96)(H,79,95)(H,80,97)(H,81,99)(H,82,91)(H,83,92)(H,85,86)(H,87,88);/q;+2/p-2/t35?,36-,37-,40-,41+,42+,43-,44+,45-,46-,47+,48?,52?,53-,54-;/m0./s1. The van der Waals surface area contributed by atoms with Crippen LogP contribution < -0.4 is 85.9 Å². The van der Waals surface area contributed by atoms with Gasteiger partial charge in [0.25, 0.3) is 0 Å². The van der Waals surface area contributed by atoms with Gasteiger partial charge in [0.05, 0.1) is 30.4 Å². The summed E-state index contributed by atoms with van der Waals surface area (Å²) >= 11 is 1.19. The molecule has 12 amide bonds. The zero-order chi connectivity index (χ0) is 74.3. The molecular weight excluding hydrogens is 1380 g/mol. The molecule has 3 unspecified atom stereocenters. The molecule has 1 aromatic heterocycles. The van der Waals surface area contributed by atoms with Crippen molar-refractivity contribution in [2.75, 3.05) is 19.6 Å². The van der Waals surface area contributed by atoms with Gasteiger partial charge in [0.1, 0.15) is 65.7 Å². The Morgan fingerprint density at radius 3 is 1.84 bits per heavy atom. The fourth-order valence-corrected chi connectivity index (χ4v) is 12.0. The molecule has 1 saturated heterocycles. The van der Waals surface area contributed by atoms with E-state index in [2.05, 4.69) is 73.4 Å². The number of amides is 12. The van der Waals surface area contributed by atoms with Gasteiger partial charge in [-0.25, -0.2) is 4.98 Å². The number of H-pyrrole nitrogens is 1. The molecule has 1 aromatic carbocycles. The van der Waals surface area contributed by atoms with E-state index in [0.717, 1.165) is 6.42 Å². The largest absolute Gasteiger partial charge is 2.00 e. The van der Waals surface area contributed by atoms with Crippen LogP contribution in [0.15, 0.2) is 47.8 Å². The Morgan fingerprint density at radius 2 is 1.26 bits per heavy atom. The van der Waals surface area contributed by atoms with Crippen molar-refractivity contribution in [3.8, 4) is 0 Å². The van der Waals surface area contributed by atoms with Crippen molar-refractivity contribution in [3.05, 3.63) is 54.1 Å². The number of aliphatic carboxylic acids is 2. The van der Waals surface area contributed by atoms with Crippen LogP contribution in [0.3, 0.4) is 0 Å². The van der Waals surface area contributed by atoms with E-state index in [1.807, 2.05) is 13.8 Å². The first-order chi connectivity index (χ1) is 47.4. The summed E-state index contributed by atoms with van der Waals surface area (Å²) in [7, 11) is 0. The molecule has 2 aliphatic heterocycles. The van der Waals surface area contributed by atoms with Gasteiger partial charge in [0.2, 0.25) is 70.9 Å². The van der Waals surface area contributed by atoms with Gasteiger partial charge in [-0.2, -0.15) is 0 Å². The summed E-state index contributed by atoms with van der Waals surface area (Å²) in [6.07, 6.45) is -0.0657. The van der Waals surface area contributed by atoms with Crippen LogP contribution in [-0.4, -0.2) is 189 Å². The fraction of sp³-hybridized carbons (Fsp3) is 0.636. The minimum absolute atomic E-state index is 0. The van der Waals surface area contributed by atoms with Crippen LogP contribution in [0.2, 0.25) is 0 Å². The number of primary amides is 1. The second-order valence-electron chi connectivity index (χ2n) is 25.9. The van der Waals surface area contributed by atoms with Crippen LogP contribution in [0, 0.1) is 23.7 Å². The van der Waals surface area contributed by atoms with E-state index in [9.17, 15) is 77.3 Å². The molecule has 35 heteroatoms. The molecule has 0 saturated carbocycles. The van der Waals surface area contributed by atoms with Crippen LogP contribution >= 0.6 is 11.8 Å². The number of carbonyl (C=O) groups is 14. The van der Waals surface area contributed by atoms with Crippen molar-refractivity contribution >= 4 is 99.6 Å². The molecule has 0 aliphatic carbocycles. The number of carbonyl (C=O) groups excluding carboxylic acids is 14. The Bertz CT molecular complexity index is 3170. The van der Waals surface area contributed by atoms with Gasteiger partial charge >= 0.3 is 19.5 Å². The molecule has 0 spiro atoms. The second-order valence-corrected chi connectivity index (χ2v) is 27.1. The van der Waals surface area contributed by atoms with Gasteiger partial charge in [0.15, 0.2) is 0 Å². The summed E-state index contributed by atoms with van der Waals surface area (Å²) in [6, 6.07) is -7.73. The second kappa shape index (κ2) is 44.1. The van der Waals surface area contributed by atoms with Gasteiger partial charge in [-0.05, 0) is 87.1 Å². The molecule has 0 radical (unpaired) electrons. The summed E-state index contributed by atoms with van der Waals surface area (Å²) < 4.78 is 0. The van der Waals surface area contributed by atoms with Crippen molar-refractivity contribution in [2.24, 2.45) is 45.9 Å². The number of aliphatic imine (C=N–C) groups is 1. The SMILES string of the molecule is CCC(C)C(N)C1=NCC(C(=O)N[C@@H](CC(C)C)C(=O)N[C@H](CCC(=O)[O-])C(=O)N[C@H](C(=O)N[C@H]2CCCCNC(=O)[C@H](CC(N)=O)NC(=O)[C@@H](CC(=O)[O-])NC(=O)[C@H](Cc3cnc[nH]3)NC(=O)[C@@H](Cc3ccccc3)NC(=O)[C@H]([C@@H](C)CC)NC(=O)[C@@H](CCCN)NC2=O)[C@@H](C)CC)S1.[Zn+2]. The number of aromatic amines is 1. The molecule has 4 rings (SSSR count). The van der Waals surface area contributed by atoms with Gasteiger partial charge in [-0.1, -0.05) is 117 Å². The van der Waals surface area contributed by atoms with E-state index in [1.54, 1.807) is 71.9 Å². The Hall–Kier alpha value is -8.43.